The van der Waals surface area contributed by atoms with Gasteiger partial charge in [-0.1, -0.05) is 0 Å². The van der Waals surface area contributed by atoms with Gasteiger partial charge in [-0.3, -0.25) is 0 Å². The molecular weight excluding hydrogens is 132 g/mol. The number of carboxylic acid groups (broad SMARTS) is 1. The number of hydrogen-bond acceptors (Lipinski definition) is 2. The maximum Gasteiger partial charge on any atom is 0.332 e. The third-order valence-corrected chi connectivity index (χ3v) is 1.80. The Bertz CT molecular complexity index is 129. The second kappa shape index (κ2) is 3.01. The molecule has 1 N–H and O–H groups in total. The molecule has 58 valence electrons. The smallest absolute Gasteiger partial charge is 0.332 e. The first-order chi connectivity index (χ1) is 4.70. The molecule has 10 heavy (non-hydrogen) atoms. The van der Waals surface area contributed by atoms with E-state index in [1.165, 1.54) is 6.42 Å². The standard InChI is InChI=1S/C7H12O3/c1-5(7(8)9)10-6-3-2-4-6/h5-6H,2-4H2,1H3,(H,8,9)/t5-/m1/s1. The molecule has 0 aromatic carbocycles. The van der Waals surface area contributed by atoms with E-state index in [0.717, 1.165) is 12.8 Å². The van der Waals surface area contributed by atoms with Crippen molar-refractivity contribution in [3.05, 3.63) is 0 Å². The lowest BCUT2D eigenvalue weighted by Crippen LogP contribution is -2.30. The summed E-state index contributed by atoms with van der Waals surface area (Å²) in [6.07, 6.45) is 2.81. The Hall–Kier alpha value is -0.570. The zero-order chi connectivity index (χ0) is 7.56. The van der Waals surface area contributed by atoms with Gasteiger partial charge in [-0.15, -0.1) is 0 Å². The van der Waals surface area contributed by atoms with Crippen LogP contribution in [-0.2, 0) is 9.53 Å². The predicted molar refractivity (Wildman–Crippen MR) is 35.8 cm³/mol. The second-order valence-corrected chi connectivity index (χ2v) is 2.67. The van der Waals surface area contributed by atoms with Gasteiger partial charge >= 0.3 is 5.97 Å². The molecule has 0 bridgehead atoms. The average molecular weight is 144 g/mol. The quantitative estimate of drug-likeness (QED) is 0.643. The van der Waals surface area contributed by atoms with Crippen molar-refractivity contribution in [2.75, 3.05) is 0 Å². The zero-order valence-electron chi connectivity index (χ0n) is 6.04. The molecule has 0 aromatic heterocycles. The lowest BCUT2D eigenvalue weighted by molar-refractivity contribution is -0.155. The molecule has 3 heteroatoms. The highest BCUT2D eigenvalue weighted by molar-refractivity contribution is 5.71. The minimum absolute atomic E-state index is 0.214. The van der Waals surface area contributed by atoms with Crippen molar-refractivity contribution in [2.45, 2.75) is 38.4 Å². The molecule has 1 fully saturated rings. The minimum Gasteiger partial charge on any atom is -0.479 e. The van der Waals surface area contributed by atoms with Gasteiger partial charge in [0.05, 0.1) is 6.10 Å². The monoisotopic (exact) mass is 144 g/mol. The SMILES string of the molecule is C[C@@H](OC1CCC1)C(=O)O. The van der Waals surface area contributed by atoms with Crippen molar-refractivity contribution in [3.63, 3.8) is 0 Å². The molecule has 0 unspecified atom stereocenters. The summed E-state index contributed by atoms with van der Waals surface area (Å²) in [5, 5.41) is 8.43. The second-order valence-electron chi connectivity index (χ2n) is 2.67. The van der Waals surface area contributed by atoms with Gasteiger partial charge < -0.3 is 9.84 Å². The van der Waals surface area contributed by atoms with Gasteiger partial charge in [0, 0.05) is 0 Å². The molecule has 0 radical (unpaired) electrons. The fourth-order valence-corrected chi connectivity index (χ4v) is 0.854. The molecule has 1 aliphatic rings. The summed E-state index contributed by atoms with van der Waals surface area (Å²) >= 11 is 0. The van der Waals surface area contributed by atoms with E-state index in [9.17, 15) is 4.79 Å². The third kappa shape index (κ3) is 1.70. The summed E-state index contributed by atoms with van der Waals surface area (Å²) in [5.41, 5.74) is 0. The van der Waals surface area contributed by atoms with Crippen LogP contribution in [0.5, 0.6) is 0 Å². The third-order valence-electron chi connectivity index (χ3n) is 1.80. The summed E-state index contributed by atoms with van der Waals surface area (Å²) in [7, 11) is 0. The van der Waals surface area contributed by atoms with E-state index in [1.807, 2.05) is 0 Å². The maximum atomic E-state index is 10.2. The van der Waals surface area contributed by atoms with Gasteiger partial charge in [0.1, 0.15) is 0 Å². The summed E-state index contributed by atoms with van der Waals surface area (Å²) in [5.74, 6) is -0.869. The number of carbonyl (C=O) groups is 1. The molecule has 0 saturated heterocycles. The van der Waals surface area contributed by atoms with Gasteiger partial charge in [0.2, 0.25) is 0 Å². The largest absolute Gasteiger partial charge is 0.479 e. The van der Waals surface area contributed by atoms with Crippen LogP contribution in [0.1, 0.15) is 26.2 Å². The fraction of sp³-hybridized carbons (Fsp3) is 0.857. The molecule has 0 heterocycles. The summed E-state index contributed by atoms with van der Waals surface area (Å²) in [4.78, 5) is 10.2. The Kier molecular flexibility index (Phi) is 2.27. The molecular formula is C7H12O3. The molecule has 1 aliphatic carbocycles. The van der Waals surface area contributed by atoms with Gasteiger partial charge in [-0.2, -0.15) is 0 Å². The van der Waals surface area contributed by atoms with Crippen LogP contribution in [0.3, 0.4) is 0 Å². The van der Waals surface area contributed by atoms with Crippen LogP contribution in [0, 0.1) is 0 Å². The zero-order valence-corrected chi connectivity index (χ0v) is 6.04. The van der Waals surface area contributed by atoms with E-state index in [-0.39, 0.29) is 6.10 Å². The first-order valence-electron chi connectivity index (χ1n) is 3.58. The first kappa shape index (κ1) is 7.54. The van der Waals surface area contributed by atoms with E-state index >= 15 is 0 Å². The Balaban J connectivity index is 2.16. The topological polar surface area (TPSA) is 46.5 Å². The van der Waals surface area contributed by atoms with Crippen molar-refractivity contribution in [1.82, 2.24) is 0 Å². The summed E-state index contributed by atoms with van der Waals surface area (Å²) < 4.78 is 5.15. The van der Waals surface area contributed by atoms with Crippen molar-refractivity contribution >= 4 is 5.97 Å². The van der Waals surface area contributed by atoms with Crippen molar-refractivity contribution in [1.29, 1.82) is 0 Å². The number of aliphatic carboxylic acids is 1. The number of hydrogen-bond donors (Lipinski definition) is 1. The fourth-order valence-electron chi connectivity index (χ4n) is 0.854. The molecule has 0 spiro atoms. The van der Waals surface area contributed by atoms with Crippen molar-refractivity contribution in [3.8, 4) is 0 Å². The van der Waals surface area contributed by atoms with Crippen LogP contribution in [0.15, 0.2) is 0 Å². The normalized spacial score (nSPS) is 21.7. The molecule has 0 aliphatic heterocycles. The van der Waals surface area contributed by atoms with Crippen LogP contribution in [-0.4, -0.2) is 23.3 Å². The molecule has 1 saturated carbocycles. The van der Waals surface area contributed by atoms with E-state index in [1.54, 1.807) is 6.92 Å². The van der Waals surface area contributed by atoms with E-state index < -0.39 is 12.1 Å². The van der Waals surface area contributed by atoms with Crippen LogP contribution in [0.2, 0.25) is 0 Å². The van der Waals surface area contributed by atoms with Crippen LogP contribution in [0.4, 0.5) is 0 Å². The Labute approximate surface area is 60.0 Å². The van der Waals surface area contributed by atoms with E-state index in [0.29, 0.717) is 0 Å². The lowest BCUT2D eigenvalue weighted by Gasteiger charge is -2.27. The molecule has 0 amide bonds. The van der Waals surface area contributed by atoms with E-state index in [4.69, 9.17) is 9.84 Å². The predicted octanol–water partition coefficient (Wildman–Crippen LogP) is 1.03. The number of rotatable bonds is 3. The highest BCUT2D eigenvalue weighted by Gasteiger charge is 2.23. The highest BCUT2D eigenvalue weighted by atomic mass is 16.5. The molecule has 0 aromatic rings. The lowest BCUT2D eigenvalue weighted by atomic mass is 9.96. The van der Waals surface area contributed by atoms with Crippen LogP contribution in [0.25, 0.3) is 0 Å². The van der Waals surface area contributed by atoms with Gasteiger partial charge in [-0.25, -0.2) is 4.79 Å². The minimum atomic E-state index is -0.869. The van der Waals surface area contributed by atoms with Crippen molar-refractivity contribution in [2.24, 2.45) is 0 Å². The molecule has 1 atom stereocenters. The number of ether oxygens (including phenoxy) is 1. The van der Waals surface area contributed by atoms with Gasteiger partial charge in [-0.05, 0) is 26.2 Å². The maximum absolute atomic E-state index is 10.2. The summed E-state index contributed by atoms with van der Waals surface area (Å²) in [6, 6.07) is 0. The molecule has 3 nitrogen and oxygen atoms in total. The number of carboxylic acids is 1. The Morgan fingerprint density at radius 1 is 1.70 bits per heavy atom. The first-order valence-corrected chi connectivity index (χ1v) is 3.58. The van der Waals surface area contributed by atoms with Crippen LogP contribution >= 0.6 is 0 Å². The Morgan fingerprint density at radius 3 is 2.60 bits per heavy atom. The Morgan fingerprint density at radius 2 is 2.30 bits per heavy atom. The van der Waals surface area contributed by atoms with E-state index in [2.05, 4.69) is 0 Å². The average Bonchev–Trinajstić information content (AvgIpc) is 1.77. The van der Waals surface area contributed by atoms with Crippen LogP contribution < -0.4 is 0 Å². The van der Waals surface area contributed by atoms with Crippen molar-refractivity contribution < 1.29 is 14.6 Å². The molecule has 1 rings (SSSR count). The van der Waals surface area contributed by atoms with Gasteiger partial charge in [0.25, 0.3) is 0 Å². The highest BCUT2D eigenvalue weighted by Crippen LogP contribution is 2.23. The summed E-state index contributed by atoms with van der Waals surface area (Å²) in [6.45, 7) is 1.57. The van der Waals surface area contributed by atoms with Gasteiger partial charge in [0.15, 0.2) is 6.10 Å².